The van der Waals surface area contributed by atoms with Crippen molar-refractivity contribution in [3.8, 4) is 11.3 Å². The molecule has 4 nitrogen and oxygen atoms in total. The van der Waals surface area contributed by atoms with Gasteiger partial charge in [0, 0.05) is 35.5 Å². The van der Waals surface area contributed by atoms with E-state index in [1.54, 1.807) is 0 Å². The van der Waals surface area contributed by atoms with Crippen molar-refractivity contribution in [3.05, 3.63) is 57.2 Å². The lowest BCUT2D eigenvalue weighted by Gasteiger charge is -2.25. The molecule has 0 amide bonds. The predicted octanol–water partition coefficient (Wildman–Crippen LogP) is 4.24. The maximum absolute atomic E-state index is 5.62. The Labute approximate surface area is 151 Å². The normalized spacial score (nSPS) is 17.3. The predicted molar refractivity (Wildman–Crippen MR) is 98.5 cm³/mol. The first-order valence-corrected chi connectivity index (χ1v) is 9.91. The van der Waals surface area contributed by atoms with E-state index in [2.05, 4.69) is 34.3 Å². The van der Waals surface area contributed by atoms with Crippen LogP contribution in [0.5, 0.6) is 0 Å². The number of rotatable bonds is 3. The third-order valence-corrected chi connectivity index (χ3v) is 6.34. The summed E-state index contributed by atoms with van der Waals surface area (Å²) in [6.45, 7) is 2.85. The monoisotopic (exact) mass is 351 g/mol. The van der Waals surface area contributed by atoms with Gasteiger partial charge in [-0.05, 0) is 25.7 Å². The number of nitrogens with zero attached hydrogens (tertiary/aromatic N) is 3. The minimum Gasteiger partial charge on any atom is -0.360 e. The van der Waals surface area contributed by atoms with Crippen molar-refractivity contribution >= 4 is 11.3 Å². The van der Waals surface area contributed by atoms with E-state index >= 15 is 0 Å². The van der Waals surface area contributed by atoms with E-state index in [9.17, 15) is 0 Å². The van der Waals surface area contributed by atoms with Gasteiger partial charge in [-0.2, -0.15) is 0 Å². The molecule has 3 heterocycles. The highest BCUT2D eigenvalue weighted by atomic mass is 32.1. The Balaban J connectivity index is 1.37. The van der Waals surface area contributed by atoms with Gasteiger partial charge in [0.25, 0.3) is 0 Å². The van der Waals surface area contributed by atoms with Gasteiger partial charge in [0.05, 0.1) is 12.2 Å². The molecule has 1 aliphatic heterocycles. The number of fused-ring (bicyclic) bond motifs is 2. The van der Waals surface area contributed by atoms with E-state index < -0.39 is 0 Å². The second-order valence-corrected chi connectivity index (χ2v) is 8.11. The number of hydrogen-bond donors (Lipinski definition) is 0. The molecule has 0 atom stereocenters. The van der Waals surface area contributed by atoms with E-state index in [1.807, 2.05) is 17.4 Å². The van der Waals surface area contributed by atoms with E-state index in [1.165, 1.54) is 46.8 Å². The molecule has 25 heavy (non-hydrogen) atoms. The van der Waals surface area contributed by atoms with Gasteiger partial charge in [-0.15, -0.1) is 11.3 Å². The molecule has 0 N–H and O–H groups in total. The summed E-state index contributed by atoms with van der Waals surface area (Å²) in [6, 6.07) is 10.3. The van der Waals surface area contributed by atoms with Crippen LogP contribution in [0.4, 0.5) is 0 Å². The lowest BCUT2D eigenvalue weighted by molar-refractivity contribution is 0.228. The number of aromatic nitrogens is 2. The third kappa shape index (κ3) is 2.92. The standard InChI is InChI=1S/C20H21N3OS/c1-2-6-14(7-3-1)20-15-12-23(11-10-17(15)24-22-20)13-19-21-16-8-4-5-9-18(16)25-19/h1-3,6-7H,4-5,8-13H2. The average molecular weight is 351 g/mol. The van der Waals surface area contributed by atoms with Crippen molar-refractivity contribution in [3.63, 3.8) is 0 Å². The maximum Gasteiger partial charge on any atom is 0.143 e. The molecular formula is C20H21N3OS. The van der Waals surface area contributed by atoms with Crippen LogP contribution in [0.1, 0.15) is 39.7 Å². The molecule has 0 unspecified atom stereocenters. The number of benzene rings is 1. The van der Waals surface area contributed by atoms with Crippen molar-refractivity contribution < 1.29 is 4.52 Å². The average Bonchev–Trinajstić information content (AvgIpc) is 3.25. The molecule has 5 rings (SSSR count). The van der Waals surface area contributed by atoms with Crippen LogP contribution in [-0.4, -0.2) is 21.6 Å². The summed E-state index contributed by atoms with van der Waals surface area (Å²) in [5, 5.41) is 5.62. The molecular weight excluding hydrogens is 330 g/mol. The van der Waals surface area contributed by atoms with Crippen LogP contribution in [0.2, 0.25) is 0 Å². The van der Waals surface area contributed by atoms with Crippen molar-refractivity contribution in [2.45, 2.75) is 45.2 Å². The second kappa shape index (κ2) is 6.39. The third-order valence-electron chi connectivity index (χ3n) is 5.20. The fourth-order valence-corrected chi connectivity index (χ4v) is 5.09. The SMILES string of the molecule is c1ccc(-c2noc3c2CN(Cc2nc4c(s2)CCCC4)CC3)cc1. The number of aryl methyl sites for hydroxylation is 2. The van der Waals surface area contributed by atoms with Crippen LogP contribution in [-0.2, 0) is 32.4 Å². The highest BCUT2D eigenvalue weighted by molar-refractivity contribution is 7.11. The maximum atomic E-state index is 5.62. The molecule has 2 aliphatic rings. The largest absolute Gasteiger partial charge is 0.360 e. The molecule has 0 saturated carbocycles. The van der Waals surface area contributed by atoms with Crippen LogP contribution >= 0.6 is 11.3 Å². The van der Waals surface area contributed by atoms with Gasteiger partial charge in [-0.1, -0.05) is 35.5 Å². The van der Waals surface area contributed by atoms with Gasteiger partial charge >= 0.3 is 0 Å². The van der Waals surface area contributed by atoms with E-state index in [4.69, 9.17) is 9.51 Å². The molecule has 5 heteroatoms. The van der Waals surface area contributed by atoms with Gasteiger partial charge in [0.1, 0.15) is 16.5 Å². The number of thiazole rings is 1. The molecule has 1 aliphatic carbocycles. The Morgan fingerprint density at radius 2 is 1.96 bits per heavy atom. The first-order chi connectivity index (χ1) is 12.4. The minimum atomic E-state index is 0.896. The van der Waals surface area contributed by atoms with Crippen molar-refractivity contribution in [2.24, 2.45) is 0 Å². The molecule has 0 fully saturated rings. The summed E-state index contributed by atoms with van der Waals surface area (Å²) in [6.07, 6.45) is 5.94. The van der Waals surface area contributed by atoms with Crippen LogP contribution in [0, 0.1) is 0 Å². The first kappa shape index (κ1) is 15.3. The highest BCUT2D eigenvalue weighted by Gasteiger charge is 2.26. The molecule has 0 radical (unpaired) electrons. The fourth-order valence-electron chi connectivity index (χ4n) is 3.89. The van der Waals surface area contributed by atoms with Crippen LogP contribution in [0.25, 0.3) is 11.3 Å². The van der Waals surface area contributed by atoms with Crippen LogP contribution in [0.3, 0.4) is 0 Å². The van der Waals surface area contributed by atoms with E-state index in [0.717, 1.165) is 43.1 Å². The highest BCUT2D eigenvalue weighted by Crippen LogP contribution is 2.32. The lowest BCUT2D eigenvalue weighted by atomic mass is 10.0. The quantitative estimate of drug-likeness (QED) is 0.708. The van der Waals surface area contributed by atoms with Gasteiger partial charge in [-0.25, -0.2) is 4.98 Å². The molecule has 0 saturated heterocycles. The summed E-state index contributed by atoms with van der Waals surface area (Å²) in [5.41, 5.74) is 4.75. The van der Waals surface area contributed by atoms with E-state index in [-0.39, 0.29) is 0 Å². The zero-order chi connectivity index (χ0) is 16.6. The number of hydrogen-bond acceptors (Lipinski definition) is 5. The Morgan fingerprint density at radius 3 is 2.84 bits per heavy atom. The fraction of sp³-hybridized carbons (Fsp3) is 0.400. The van der Waals surface area contributed by atoms with Crippen molar-refractivity contribution in [1.29, 1.82) is 0 Å². The molecule has 0 spiro atoms. The zero-order valence-electron chi connectivity index (χ0n) is 14.2. The second-order valence-electron chi connectivity index (χ2n) is 6.94. The Kier molecular flexibility index (Phi) is 3.91. The van der Waals surface area contributed by atoms with Crippen LogP contribution in [0.15, 0.2) is 34.9 Å². The lowest BCUT2D eigenvalue weighted by Crippen LogP contribution is -2.29. The Hall–Kier alpha value is -1.98. The first-order valence-electron chi connectivity index (χ1n) is 9.09. The molecule has 3 aromatic rings. The summed E-state index contributed by atoms with van der Waals surface area (Å²) in [4.78, 5) is 8.91. The van der Waals surface area contributed by atoms with Crippen molar-refractivity contribution in [2.75, 3.05) is 6.54 Å². The van der Waals surface area contributed by atoms with Gasteiger partial charge in [0.15, 0.2) is 0 Å². The Morgan fingerprint density at radius 1 is 1.08 bits per heavy atom. The molecule has 1 aromatic carbocycles. The van der Waals surface area contributed by atoms with Gasteiger partial charge < -0.3 is 4.52 Å². The van der Waals surface area contributed by atoms with E-state index in [0.29, 0.717) is 0 Å². The minimum absolute atomic E-state index is 0.896. The summed E-state index contributed by atoms with van der Waals surface area (Å²) in [5.74, 6) is 1.05. The van der Waals surface area contributed by atoms with Gasteiger partial charge in [-0.3, -0.25) is 4.90 Å². The van der Waals surface area contributed by atoms with Crippen molar-refractivity contribution in [1.82, 2.24) is 15.0 Å². The topological polar surface area (TPSA) is 42.2 Å². The smallest absolute Gasteiger partial charge is 0.143 e. The molecule has 128 valence electrons. The summed E-state index contributed by atoms with van der Waals surface area (Å²) < 4.78 is 5.62. The molecule has 2 aromatic heterocycles. The summed E-state index contributed by atoms with van der Waals surface area (Å²) in [7, 11) is 0. The summed E-state index contributed by atoms with van der Waals surface area (Å²) >= 11 is 1.92. The van der Waals surface area contributed by atoms with Crippen LogP contribution < -0.4 is 0 Å². The zero-order valence-corrected chi connectivity index (χ0v) is 15.0. The van der Waals surface area contributed by atoms with Gasteiger partial charge in [0.2, 0.25) is 0 Å². The Bertz CT molecular complexity index is 860. The molecule has 0 bridgehead atoms.